The number of aryl methyl sites for hydroxylation is 1. The Balaban J connectivity index is 2.13. The fraction of sp³-hybridized carbons (Fsp3) is 0.667. The minimum atomic E-state index is -0.370. The van der Waals surface area contributed by atoms with Crippen molar-refractivity contribution in [2.24, 2.45) is 11.7 Å². The lowest BCUT2D eigenvalue weighted by Gasteiger charge is -2.37. The van der Waals surface area contributed by atoms with Crippen LogP contribution in [0.15, 0.2) is 12.1 Å². The summed E-state index contributed by atoms with van der Waals surface area (Å²) in [5, 5.41) is 0. The zero-order chi connectivity index (χ0) is 14.2. The summed E-state index contributed by atoms with van der Waals surface area (Å²) in [5.74, 6) is 0.538. The second-order valence-corrected chi connectivity index (χ2v) is 5.99. The molecule has 2 atom stereocenters. The van der Waals surface area contributed by atoms with Gasteiger partial charge in [0, 0.05) is 24.5 Å². The topological polar surface area (TPSA) is 51.3 Å². The third-order valence-electron chi connectivity index (χ3n) is 4.02. The van der Waals surface area contributed by atoms with Gasteiger partial charge in [0.05, 0.1) is 12.1 Å². The van der Waals surface area contributed by atoms with Gasteiger partial charge in [0.1, 0.15) is 0 Å². The molecule has 2 heterocycles. The van der Waals surface area contributed by atoms with Crippen LogP contribution in [0.1, 0.15) is 44.6 Å². The predicted molar refractivity (Wildman–Crippen MR) is 76.7 cm³/mol. The molecule has 2 unspecified atom stereocenters. The molecule has 0 saturated heterocycles. The van der Waals surface area contributed by atoms with E-state index in [1.165, 1.54) is 11.4 Å². The normalized spacial score (nSPS) is 20.5. The summed E-state index contributed by atoms with van der Waals surface area (Å²) in [7, 11) is 0. The number of rotatable bonds is 3. The minimum absolute atomic E-state index is 0.0892. The molecule has 0 fully saturated rings. The smallest absolute Gasteiger partial charge is 0.240 e. The Kier molecular flexibility index (Phi) is 3.99. The number of carbonyl (C=O) groups is 1. The second-order valence-electron chi connectivity index (χ2n) is 5.99. The highest BCUT2D eigenvalue weighted by Crippen LogP contribution is 2.27. The summed E-state index contributed by atoms with van der Waals surface area (Å²) < 4.78 is 2.29. The third-order valence-corrected chi connectivity index (χ3v) is 4.02. The Hall–Kier alpha value is -1.29. The van der Waals surface area contributed by atoms with E-state index in [0.29, 0.717) is 5.92 Å². The maximum Gasteiger partial charge on any atom is 0.240 e. The fourth-order valence-corrected chi connectivity index (χ4v) is 2.94. The first kappa shape index (κ1) is 14.1. The molecule has 0 spiro atoms. The zero-order valence-corrected chi connectivity index (χ0v) is 12.4. The summed E-state index contributed by atoms with van der Waals surface area (Å²) in [6.07, 6.45) is 0.752. The van der Waals surface area contributed by atoms with Crippen molar-refractivity contribution in [3.8, 4) is 0 Å². The maximum atomic E-state index is 12.5. The minimum Gasteiger partial charge on any atom is -0.345 e. The molecule has 1 aliphatic rings. The van der Waals surface area contributed by atoms with Crippen molar-refractivity contribution in [2.75, 3.05) is 6.54 Å². The lowest BCUT2D eigenvalue weighted by Crippen LogP contribution is -2.49. The van der Waals surface area contributed by atoms with Crippen LogP contribution in [0.5, 0.6) is 0 Å². The van der Waals surface area contributed by atoms with Crippen LogP contribution in [0.3, 0.4) is 0 Å². The quantitative estimate of drug-likeness (QED) is 0.907. The van der Waals surface area contributed by atoms with Crippen LogP contribution in [0.25, 0.3) is 0 Å². The molecule has 0 aromatic carbocycles. The molecule has 2 rings (SSSR count). The highest BCUT2D eigenvalue weighted by atomic mass is 16.2. The summed E-state index contributed by atoms with van der Waals surface area (Å²) in [4.78, 5) is 14.4. The molecule has 4 nitrogen and oxygen atoms in total. The highest BCUT2D eigenvalue weighted by molar-refractivity contribution is 5.82. The molecule has 0 aliphatic carbocycles. The number of amides is 1. The zero-order valence-electron chi connectivity index (χ0n) is 12.4. The maximum absolute atomic E-state index is 12.5. The van der Waals surface area contributed by atoms with Gasteiger partial charge in [-0.1, -0.05) is 13.8 Å². The number of hydrogen-bond acceptors (Lipinski definition) is 2. The summed E-state index contributed by atoms with van der Waals surface area (Å²) in [6, 6.07) is 3.99. The van der Waals surface area contributed by atoms with Crippen LogP contribution in [0.4, 0.5) is 0 Å². The molecule has 4 heteroatoms. The van der Waals surface area contributed by atoms with Crippen LogP contribution in [-0.4, -0.2) is 28.0 Å². The van der Waals surface area contributed by atoms with Crippen LogP contribution in [-0.2, 0) is 11.3 Å². The fourth-order valence-electron chi connectivity index (χ4n) is 2.94. The SMILES string of the molecule is Cc1ccc2n1CCN(C(=O)C(N)CC(C)C)C2C. The van der Waals surface area contributed by atoms with Gasteiger partial charge < -0.3 is 15.2 Å². The van der Waals surface area contributed by atoms with Gasteiger partial charge in [-0.25, -0.2) is 0 Å². The van der Waals surface area contributed by atoms with Gasteiger partial charge >= 0.3 is 0 Å². The molecule has 19 heavy (non-hydrogen) atoms. The van der Waals surface area contributed by atoms with E-state index in [9.17, 15) is 4.79 Å². The lowest BCUT2D eigenvalue weighted by atomic mass is 10.0. The van der Waals surface area contributed by atoms with Gasteiger partial charge in [-0.15, -0.1) is 0 Å². The van der Waals surface area contributed by atoms with Crippen molar-refractivity contribution in [3.05, 3.63) is 23.5 Å². The van der Waals surface area contributed by atoms with E-state index in [2.05, 4.69) is 44.4 Å². The van der Waals surface area contributed by atoms with Crippen molar-refractivity contribution in [3.63, 3.8) is 0 Å². The van der Waals surface area contributed by atoms with Crippen molar-refractivity contribution in [2.45, 2.75) is 52.7 Å². The van der Waals surface area contributed by atoms with Gasteiger partial charge in [0.25, 0.3) is 0 Å². The van der Waals surface area contributed by atoms with Gasteiger partial charge in [-0.05, 0) is 38.3 Å². The first-order valence-electron chi connectivity index (χ1n) is 7.14. The van der Waals surface area contributed by atoms with E-state index < -0.39 is 0 Å². The second kappa shape index (κ2) is 5.37. The number of fused-ring (bicyclic) bond motifs is 1. The molecule has 1 aromatic heterocycles. The Labute approximate surface area is 115 Å². The molecule has 1 aromatic rings. The summed E-state index contributed by atoms with van der Waals surface area (Å²) in [6.45, 7) is 10.0. The van der Waals surface area contributed by atoms with Gasteiger partial charge in [-0.3, -0.25) is 4.79 Å². The lowest BCUT2D eigenvalue weighted by molar-refractivity contribution is -0.136. The first-order valence-corrected chi connectivity index (χ1v) is 7.14. The van der Waals surface area contributed by atoms with E-state index >= 15 is 0 Å². The van der Waals surface area contributed by atoms with Crippen LogP contribution >= 0.6 is 0 Å². The first-order chi connectivity index (χ1) is 8.91. The van der Waals surface area contributed by atoms with E-state index in [1.807, 2.05) is 4.90 Å². The molecule has 0 radical (unpaired) electrons. The summed E-state index contributed by atoms with van der Waals surface area (Å²) in [5.41, 5.74) is 8.52. The van der Waals surface area contributed by atoms with Crippen molar-refractivity contribution in [1.82, 2.24) is 9.47 Å². The van der Waals surface area contributed by atoms with Crippen LogP contribution < -0.4 is 5.73 Å². The Morgan fingerprint density at radius 2 is 2.11 bits per heavy atom. The van der Waals surface area contributed by atoms with Crippen LogP contribution in [0, 0.1) is 12.8 Å². The number of nitrogens with zero attached hydrogens (tertiary/aromatic N) is 2. The molecular formula is C15H25N3O. The monoisotopic (exact) mass is 263 g/mol. The molecule has 1 aliphatic heterocycles. The largest absolute Gasteiger partial charge is 0.345 e. The summed E-state index contributed by atoms with van der Waals surface area (Å²) >= 11 is 0. The van der Waals surface area contributed by atoms with Crippen molar-refractivity contribution < 1.29 is 4.79 Å². The molecule has 1 amide bonds. The molecule has 2 N–H and O–H groups in total. The molecule has 0 bridgehead atoms. The molecule has 0 saturated carbocycles. The third kappa shape index (κ3) is 2.68. The highest BCUT2D eigenvalue weighted by Gasteiger charge is 2.31. The Morgan fingerprint density at radius 1 is 1.42 bits per heavy atom. The van der Waals surface area contributed by atoms with Crippen molar-refractivity contribution >= 4 is 5.91 Å². The number of hydrogen-bond donors (Lipinski definition) is 1. The standard InChI is InChI=1S/C15H25N3O/c1-10(2)9-13(16)15(19)18-8-7-17-11(3)5-6-14(17)12(18)4/h5-6,10,12-13H,7-9,16H2,1-4H3. The number of carbonyl (C=O) groups excluding carboxylic acids is 1. The van der Waals surface area contributed by atoms with E-state index in [0.717, 1.165) is 19.5 Å². The van der Waals surface area contributed by atoms with Crippen molar-refractivity contribution in [1.29, 1.82) is 0 Å². The van der Waals surface area contributed by atoms with Crippen LogP contribution in [0.2, 0.25) is 0 Å². The van der Waals surface area contributed by atoms with E-state index in [1.54, 1.807) is 0 Å². The molecule has 106 valence electrons. The Bertz CT molecular complexity index is 464. The van der Waals surface area contributed by atoms with Gasteiger partial charge in [0.15, 0.2) is 0 Å². The Morgan fingerprint density at radius 3 is 2.74 bits per heavy atom. The van der Waals surface area contributed by atoms with Gasteiger partial charge in [0.2, 0.25) is 5.91 Å². The molecular weight excluding hydrogens is 238 g/mol. The average molecular weight is 263 g/mol. The van der Waals surface area contributed by atoms with E-state index in [4.69, 9.17) is 5.73 Å². The van der Waals surface area contributed by atoms with E-state index in [-0.39, 0.29) is 18.0 Å². The number of nitrogens with two attached hydrogens (primary N) is 1. The van der Waals surface area contributed by atoms with Gasteiger partial charge in [-0.2, -0.15) is 0 Å². The average Bonchev–Trinajstić information content (AvgIpc) is 2.71. The number of aromatic nitrogens is 1. The predicted octanol–water partition coefficient (Wildman–Crippen LogP) is 2.07.